The van der Waals surface area contributed by atoms with Crippen molar-refractivity contribution >= 4 is 11.8 Å². The minimum absolute atomic E-state index is 0.0529. The third-order valence-corrected chi connectivity index (χ3v) is 3.36. The number of rotatable bonds is 2. The second kappa shape index (κ2) is 4.62. The minimum atomic E-state index is -0.856. The van der Waals surface area contributed by atoms with Gasteiger partial charge in [-0.1, -0.05) is 0 Å². The molecule has 0 bridgehead atoms. The van der Waals surface area contributed by atoms with Gasteiger partial charge in [-0.2, -0.15) is 0 Å². The standard InChI is InChI=1S/C11H19N3O3/c1-8(15)13-9-2-4-14(6-9)10(16)11(12)3-5-17-7-11/h9H,2-7,12H2,1H3,(H,13,15). The number of carbonyl (C=O) groups is 2. The quantitative estimate of drug-likeness (QED) is 0.639. The predicted octanol–water partition coefficient (Wildman–Crippen LogP) is -1.16. The molecule has 0 aromatic carbocycles. The van der Waals surface area contributed by atoms with Crippen LogP contribution in [0, 0.1) is 0 Å². The first-order valence-electron chi connectivity index (χ1n) is 5.94. The van der Waals surface area contributed by atoms with E-state index in [2.05, 4.69) is 5.32 Å². The molecule has 6 heteroatoms. The van der Waals surface area contributed by atoms with Gasteiger partial charge in [-0.3, -0.25) is 9.59 Å². The molecule has 17 heavy (non-hydrogen) atoms. The van der Waals surface area contributed by atoms with Crippen LogP contribution in [0.25, 0.3) is 0 Å². The number of nitrogens with two attached hydrogens (primary N) is 1. The Morgan fingerprint density at radius 2 is 2.29 bits per heavy atom. The molecule has 6 nitrogen and oxygen atoms in total. The predicted molar refractivity (Wildman–Crippen MR) is 61.2 cm³/mol. The molecule has 3 N–H and O–H groups in total. The van der Waals surface area contributed by atoms with E-state index >= 15 is 0 Å². The molecule has 2 saturated heterocycles. The van der Waals surface area contributed by atoms with E-state index in [4.69, 9.17) is 10.5 Å². The molecular formula is C11H19N3O3. The number of nitrogens with one attached hydrogen (secondary N) is 1. The molecule has 2 aliphatic heterocycles. The van der Waals surface area contributed by atoms with Gasteiger partial charge in [-0.05, 0) is 12.8 Å². The second-order valence-corrected chi connectivity index (χ2v) is 4.90. The summed E-state index contributed by atoms with van der Waals surface area (Å²) in [5, 5.41) is 2.82. The van der Waals surface area contributed by atoms with Crippen LogP contribution in [-0.4, -0.2) is 54.6 Å². The van der Waals surface area contributed by atoms with Gasteiger partial charge in [-0.25, -0.2) is 0 Å². The first-order valence-corrected chi connectivity index (χ1v) is 5.94. The third-order valence-electron chi connectivity index (χ3n) is 3.36. The fraction of sp³-hybridized carbons (Fsp3) is 0.818. The van der Waals surface area contributed by atoms with E-state index in [0.29, 0.717) is 32.7 Å². The summed E-state index contributed by atoms with van der Waals surface area (Å²) in [7, 11) is 0. The van der Waals surface area contributed by atoms with Crippen molar-refractivity contribution in [3.8, 4) is 0 Å². The molecule has 0 saturated carbocycles. The Bertz CT molecular complexity index is 326. The third kappa shape index (κ3) is 2.58. The van der Waals surface area contributed by atoms with E-state index in [1.54, 1.807) is 4.90 Å². The zero-order valence-corrected chi connectivity index (χ0v) is 10.1. The molecule has 0 aliphatic carbocycles. The van der Waals surface area contributed by atoms with Gasteiger partial charge in [0.05, 0.1) is 6.61 Å². The molecule has 2 atom stereocenters. The van der Waals surface area contributed by atoms with Crippen LogP contribution in [0.4, 0.5) is 0 Å². The van der Waals surface area contributed by atoms with Crippen LogP contribution < -0.4 is 11.1 Å². The Labute approximate surface area is 100 Å². The SMILES string of the molecule is CC(=O)NC1CCN(C(=O)C2(N)CCOC2)C1. The van der Waals surface area contributed by atoms with E-state index in [-0.39, 0.29) is 17.9 Å². The highest BCUT2D eigenvalue weighted by molar-refractivity contribution is 5.87. The van der Waals surface area contributed by atoms with Crippen molar-refractivity contribution in [2.75, 3.05) is 26.3 Å². The lowest BCUT2D eigenvalue weighted by Gasteiger charge is -2.27. The summed E-state index contributed by atoms with van der Waals surface area (Å²) in [6, 6.07) is 0.0578. The van der Waals surface area contributed by atoms with Crippen LogP contribution in [0.3, 0.4) is 0 Å². The molecular weight excluding hydrogens is 222 g/mol. The summed E-state index contributed by atoms with van der Waals surface area (Å²) in [4.78, 5) is 24.9. The van der Waals surface area contributed by atoms with Crippen molar-refractivity contribution in [1.82, 2.24) is 10.2 Å². The Balaban J connectivity index is 1.91. The topological polar surface area (TPSA) is 84.7 Å². The summed E-state index contributed by atoms with van der Waals surface area (Å²) in [5.41, 5.74) is 5.17. The molecule has 0 radical (unpaired) electrons. The lowest BCUT2D eigenvalue weighted by atomic mass is 9.98. The normalized spacial score (nSPS) is 32.8. The van der Waals surface area contributed by atoms with Crippen molar-refractivity contribution in [3.63, 3.8) is 0 Å². The van der Waals surface area contributed by atoms with Crippen LogP contribution in [0.5, 0.6) is 0 Å². The maximum absolute atomic E-state index is 12.2. The summed E-state index contributed by atoms with van der Waals surface area (Å²) in [6.07, 6.45) is 1.37. The smallest absolute Gasteiger partial charge is 0.245 e. The fourth-order valence-corrected chi connectivity index (χ4v) is 2.41. The van der Waals surface area contributed by atoms with Crippen LogP contribution in [0.2, 0.25) is 0 Å². The van der Waals surface area contributed by atoms with Gasteiger partial charge in [-0.15, -0.1) is 0 Å². The van der Waals surface area contributed by atoms with Gasteiger partial charge in [0.2, 0.25) is 11.8 Å². The van der Waals surface area contributed by atoms with E-state index in [0.717, 1.165) is 6.42 Å². The monoisotopic (exact) mass is 241 g/mol. The van der Waals surface area contributed by atoms with Gasteiger partial charge >= 0.3 is 0 Å². The van der Waals surface area contributed by atoms with Crippen LogP contribution in [0.1, 0.15) is 19.8 Å². The molecule has 2 heterocycles. The molecule has 96 valence electrons. The van der Waals surface area contributed by atoms with Crippen molar-refractivity contribution in [2.45, 2.75) is 31.3 Å². The summed E-state index contributed by atoms with van der Waals surface area (Å²) in [6.45, 7) is 3.54. The maximum atomic E-state index is 12.2. The summed E-state index contributed by atoms with van der Waals surface area (Å²) >= 11 is 0. The zero-order chi connectivity index (χ0) is 12.5. The van der Waals surface area contributed by atoms with Gasteiger partial charge < -0.3 is 20.7 Å². The molecule has 0 spiro atoms. The minimum Gasteiger partial charge on any atom is -0.379 e. The molecule has 0 aromatic heterocycles. The summed E-state index contributed by atoms with van der Waals surface area (Å²) in [5.74, 6) is -0.112. The number of likely N-dealkylation sites (tertiary alicyclic amines) is 1. The number of nitrogens with zero attached hydrogens (tertiary/aromatic N) is 1. The van der Waals surface area contributed by atoms with E-state index in [1.165, 1.54) is 6.92 Å². The average Bonchev–Trinajstić information content (AvgIpc) is 2.86. The molecule has 2 unspecified atom stereocenters. The number of hydrogen-bond acceptors (Lipinski definition) is 4. The Morgan fingerprint density at radius 3 is 2.88 bits per heavy atom. The Morgan fingerprint density at radius 1 is 1.53 bits per heavy atom. The highest BCUT2D eigenvalue weighted by Crippen LogP contribution is 2.21. The van der Waals surface area contributed by atoms with Gasteiger partial charge in [0.15, 0.2) is 0 Å². The number of hydrogen-bond donors (Lipinski definition) is 2. The number of carbonyl (C=O) groups excluding carboxylic acids is 2. The first kappa shape index (κ1) is 12.3. The molecule has 0 aromatic rings. The van der Waals surface area contributed by atoms with Crippen molar-refractivity contribution in [1.29, 1.82) is 0 Å². The molecule has 2 amide bonds. The van der Waals surface area contributed by atoms with Gasteiger partial charge in [0.1, 0.15) is 5.54 Å². The number of ether oxygens (including phenoxy) is 1. The summed E-state index contributed by atoms with van der Waals surface area (Å²) < 4.78 is 5.19. The van der Waals surface area contributed by atoms with Crippen molar-refractivity contribution < 1.29 is 14.3 Å². The van der Waals surface area contributed by atoms with Crippen LogP contribution in [-0.2, 0) is 14.3 Å². The molecule has 2 rings (SSSR count). The van der Waals surface area contributed by atoms with E-state index < -0.39 is 5.54 Å². The Kier molecular flexibility index (Phi) is 3.35. The van der Waals surface area contributed by atoms with Crippen molar-refractivity contribution in [3.05, 3.63) is 0 Å². The van der Waals surface area contributed by atoms with Gasteiger partial charge in [0.25, 0.3) is 0 Å². The van der Waals surface area contributed by atoms with Crippen LogP contribution >= 0.6 is 0 Å². The van der Waals surface area contributed by atoms with E-state index in [9.17, 15) is 9.59 Å². The largest absolute Gasteiger partial charge is 0.379 e. The molecule has 2 aliphatic rings. The lowest BCUT2D eigenvalue weighted by molar-refractivity contribution is -0.136. The van der Waals surface area contributed by atoms with Crippen molar-refractivity contribution in [2.24, 2.45) is 5.73 Å². The Hall–Kier alpha value is -1.14. The zero-order valence-electron chi connectivity index (χ0n) is 10.1. The molecule has 2 fully saturated rings. The van der Waals surface area contributed by atoms with Gasteiger partial charge in [0, 0.05) is 32.7 Å². The lowest BCUT2D eigenvalue weighted by Crippen LogP contribution is -2.55. The highest BCUT2D eigenvalue weighted by atomic mass is 16.5. The number of amides is 2. The first-order chi connectivity index (χ1) is 8.01. The average molecular weight is 241 g/mol. The fourth-order valence-electron chi connectivity index (χ4n) is 2.41. The van der Waals surface area contributed by atoms with E-state index in [1.807, 2.05) is 0 Å². The van der Waals surface area contributed by atoms with Crippen LogP contribution in [0.15, 0.2) is 0 Å². The second-order valence-electron chi connectivity index (χ2n) is 4.90. The highest BCUT2D eigenvalue weighted by Gasteiger charge is 2.42. The maximum Gasteiger partial charge on any atom is 0.245 e.